The highest BCUT2D eigenvalue weighted by Crippen LogP contribution is 2.16. The van der Waals surface area contributed by atoms with E-state index in [1.165, 1.54) is 0 Å². The lowest BCUT2D eigenvalue weighted by Gasteiger charge is -1.94. The highest BCUT2D eigenvalue weighted by atomic mass is 19.1. The molecule has 0 aliphatic heterocycles. The van der Waals surface area contributed by atoms with Crippen molar-refractivity contribution in [3.63, 3.8) is 0 Å². The number of rotatable bonds is 0. The molecule has 1 rings (SSSR count). The molecule has 0 spiro atoms. The maximum absolute atomic E-state index is 12.0. The standard InChI is InChI=1S/C5H5FN2O/c6-5-1-3(7)4(9)2-8-5/h1-2,9H,(H2,7,8). The van der Waals surface area contributed by atoms with Crippen molar-refractivity contribution in [2.75, 3.05) is 5.73 Å². The summed E-state index contributed by atoms with van der Waals surface area (Å²) in [7, 11) is 0. The fourth-order valence-electron chi connectivity index (χ4n) is 0.437. The summed E-state index contributed by atoms with van der Waals surface area (Å²) in [6.07, 6.45) is 0.963. The Labute approximate surface area is 51.0 Å². The van der Waals surface area contributed by atoms with E-state index in [1.54, 1.807) is 0 Å². The van der Waals surface area contributed by atoms with Gasteiger partial charge in [-0.1, -0.05) is 0 Å². The summed E-state index contributed by atoms with van der Waals surface area (Å²) in [5.41, 5.74) is 5.09. The van der Waals surface area contributed by atoms with E-state index in [4.69, 9.17) is 10.8 Å². The van der Waals surface area contributed by atoms with Crippen LogP contribution in [0.1, 0.15) is 0 Å². The normalized spacial score (nSPS) is 9.44. The molecular formula is C5H5FN2O. The van der Waals surface area contributed by atoms with Crippen molar-refractivity contribution in [2.24, 2.45) is 0 Å². The highest BCUT2D eigenvalue weighted by Gasteiger charge is 1.96. The molecule has 1 heterocycles. The van der Waals surface area contributed by atoms with Gasteiger partial charge in [0, 0.05) is 6.07 Å². The topological polar surface area (TPSA) is 59.1 Å². The van der Waals surface area contributed by atoms with Gasteiger partial charge >= 0.3 is 0 Å². The molecule has 0 radical (unpaired) electrons. The van der Waals surface area contributed by atoms with Crippen molar-refractivity contribution in [1.29, 1.82) is 0 Å². The van der Waals surface area contributed by atoms with E-state index in [0.29, 0.717) is 0 Å². The van der Waals surface area contributed by atoms with Crippen LogP contribution in [-0.2, 0) is 0 Å². The molecule has 0 aromatic carbocycles. The average molecular weight is 128 g/mol. The van der Waals surface area contributed by atoms with Crippen LogP contribution in [0.3, 0.4) is 0 Å². The predicted octanol–water partition coefficient (Wildman–Crippen LogP) is 0.508. The lowest BCUT2D eigenvalue weighted by atomic mass is 10.4. The largest absolute Gasteiger partial charge is 0.504 e. The Morgan fingerprint density at radius 2 is 2.33 bits per heavy atom. The minimum absolute atomic E-state index is 0.00231. The van der Waals surface area contributed by atoms with Crippen molar-refractivity contribution in [3.8, 4) is 5.75 Å². The van der Waals surface area contributed by atoms with Crippen LogP contribution in [0.25, 0.3) is 0 Å². The van der Waals surface area contributed by atoms with E-state index in [2.05, 4.69) is 4.98 Å². The third kappa shape index (κ3) is 1.07. The number of hydrogen-bond donors (Lipinski definition) is 2. The Kier molecular flexibility index (Phi) is 1.22. The molecule has 48 valence electrons. The second-order valence-corrected chi connectivity index (χ2v) is 1.57. The van der Waals surface area contributed by atoms with Crippen LogP contribution >= 0.6 is 0 Å². The molecule has 3 N–H and O–H groups in total. The van der Waals surface area contributed by atoms with Gasteiger partial charge in [0.25, 0.3) is 0 Å². The lowest BCUT2D eigenvalue weighted by Crippen LogP contribution is -1.88. The van der Waals surface area contributed by atoms with Crippen LogP contribution in [0.15, 0.2) is 12.3 Å². The molecule has 9 heavy (non-hydrogen) atoms. The van der Waals surface area contributed by atoms with Gasteiger partial charge in [0.1, 0.15) is 0 Å². The highest BCUT2D eigenvalue weighted by molar-refractivity contribution is 5.48. The van der Waals surface area contributed by atoms with Gasteiger partial charge in [-0.25, -0.2) is 4.98 Å². The second-order valence-electron chi connectivity index (χ2n) is 1.57. The first-order valence-corrected chi connectivity index (χ1v) is 2.30. The molecule has 3 nitrogen and oxygen atoms in total. The molecule has 0 aliphatic rings. The maximum Gasteiger partial charge on any atom is 0.215 e. The quantitative estimate of drug-likeness (QED) is 0.500. The summed E-state index contributed by atoms with van der Waals surface area (Å²) in [5, 5.41) is 8.69. The van der Waals surface area contributed by atoms with Crippen LogP contribution in [0.2, 0.25) is 0 Å². The van der Waals surface area contributed by atoms with Crippen LogP contribution in [0.5, 0.6) is 5.75 Å². The van der Waals surface area contributed by atoms with Gasteiger partial charge in [-0.15, -0.1) is 0 Å². The predicted molar refractivity (Wildman–Crippen MR) is 30.3 cm³/mol. The molecule has 0 amide bonds. The van der Waals surface area contributed by atoms with Crippen LogP contribution in [0.4, 0.5) is 10.1 Å². The number of aromatic hydroxyl groups is 1. The summed E-state index contributed by atoms with van der Waals surface area (Å²) < 4.78 is 12.0. The summed E-state index contributed by atoms with van der Waals surface area (Å²) in [6, 6.07) is 0.954. The third-order valence-electron chi connectivity index (χ3n) is 0.881. The van der Waals surface area contributed by atoms with E-state index < -0.39 is 5.95 Å². The number of halogens is 1. The fraction of sp³-hybridized carbons (Fsp3) is 0. The number of pyridine rings is 1. The zero-order valence-corrected chi connectivity index (χ0v) is 4.50. The second kappa shape index (κ2) is 1.89. The van der Waals surface area contributed by atoms with E-state index in [1.807, 2.05) is 0 Å². The number of nitrogens with two attached hydrogens (primary N) is 1. The molecule has 4 heteroatoms. The molecule has 0 bridgehead atoms. The molecule has 0 aliphatic carbocycles. The Morgan fingerprint density at radius 3 is 2.78 bits per heavy atom. The van der Waals surface area contributed by atoms with Crippen molar-refractivity contribution in [1.82, 2.24) is 4.98 Å². The Balaban J connectivity index is 3.17. The first kappa shape index (κ1) is 5.81. The Bertz CT molecular complexity index is 226. The molecular weight excluding hydrogens is 123 g/mol. The first-order valence-electron chi connectivity index (χ1n) is 2.30. The maximum atomic E-state index is 12.0. The zero-order valence-electron chi connectivity index (χ0n) is 4.50. The minimum Gasteiger partial charge on any atom is -0.504 e. The van der Waals surface area contributed by atoms with Gasteiger partial charge in [0.2, 0.25) is 5.95 Å². The lowest BCUT2D eigenvalue weighted by molar-refractivity contribution is 0.469. The van der Waals surface area contributed by atoms with E-state index in [0.717, 1.165) is 12.3 Å². The SMILES string of the molecule is Nc1cc(F)ncc1O. The average Bonchev–Trinajstić information content (AvgIpc) is 1.80. The van der Waals surface area contributed by atoms with Crippen molar-refractivity contribution in [3.05, 3.63) is 18.2 Å². The molecule has 0 saturated carbocycles. The van der Waals surface area contributed by atoms with E-state index >= 15 is 0 Å². The third-order valence-corrected chi connectivity index (χ3v) is 0.881. The number of aromatic nitrogens is 1. The van der Waals surface area contributed by atoms with Gasteiger partial charge in [0.15, 0.2) is 5.75 Å². The minimum atomic E-state index is -0.690. The monoisotopic (exact) mass is 128 g/mol. The summed E-state index contributed by atoms with van der Waals surface area (Å²) in [5.74, 6) is -0.887. The summed E-state index contributed by atoms with van der Waals surface area (Å²) >= 11 is 0. The van der Waals surface area contributed by atoms with Gasteiger partial charge in [0.05, 0.1) is 11.9 Å². The van der Waals surface area contributed by atoms with E-state index in [-0.39, 0.29) is 11.4 Å². The van der Waals surface area contributed by atoms with Crippen LogP contribution < -0.4 is 5.73 Å². The van der Waals surface area contributed by atoms with Crippen LogP contribution in [0, 0.1) is 5.95 Å². The van der Waals surface area contributed by atoms with Gasteiger partial charge in [-0.05, 0) is 0 Å². The van der Waals surface area contributed by atoms with Crippen molar-refractivity contribution >= 4 is 5.69 Å². The first-order chi connectivity index (χ1) is 4.20. The van der Waals surface area contributed by atoms with E-state index in [9.17, 15) is 4.39 Å². The molecule has 0 atom stereocenters. The summed E-state index contributed by atoms with van der Waals surface area (Å²) in [4.78, 5) is 3.14. The molecule has 1 aromatic heterocycles. The number of nitrogen functional groups attached to an aromatic ring is 1. The summed E-state index contributed by atoms with van der Waals surface area (Å²) in [6.45, 7) is 0. The Morgan fingerprint density at radius 1 is 1.67 bits per heavy atom. The molecule has 1 aromatic rings. The number of anilines is 1. The Hall–Kier alpha value is -1.32. The number of hydrogen-bond acceptors (Lipinski definition) is 3. The van der Waals surface area contributed by atoms with Gasteiger partial charge < -0.3 is 10.8 Å². The number of nitrogens with zero attached hydrogens (tertiary/aromatic N) is 1. The fourth-order valence-corrected chi connectivity index (χ4v) is 0.437. The molecule has 0 saturated heterocycles. The van der Waals surface area contributed by atoms with Crippen LogP contribution in [-0.4, -0.2) is 10.1 Å². The van der Waals surface area contributed by atoms with Crippen molar-refractivity contribution < 1.29 is 9.50 Å². The zero-order chi connectivity index (χ0) is 6.85. The van der Waals surface area contributed by atoms with Gasteiger partial charge in [-0.3, -0.25) is 0 Å². The smallest absolute Gasteiger partial charge is 0.215 e. The molecule has 0 fully saturated rings. The molecule has 0 unspecified atom stereocenters. The van der Waals surface area contributed by atoms with Crippen molar-refractivity contribution in [2.45, 2.75) is 0 Å². The van der Waals surface area contributed by atoms with Gasteiger partial charge in [-0.2, -0.15) is 4.39 Å².